The number of ether oxygens (including phenoxy) is 1. The van der Waals surface area contributed by atoms with Crippen molar-refractivity contribution in [3.05, 3.63) is 11.9 Å². The Balaban J connectivity index is 2.64. The molecule has 0 saturated heterocycles. The van der Waals surface area contributed by atoms with Crippen LogP contribution in [0.2, 0.25) is 0 Å². The van der Waals surface area contributed by atoms with Gasteiger partial charge in [-0.15, -0.1) is 0 Å². The zero-order valence-electron chi connectivity index (χ0n) is 11.4. The summed E-state index contributed by atoms with van der Waals surface area (Å²) in [5.74, 6) is -1.67. The molecule has 1 unspecified atom stereocenters. The summed E-state index contributed by atoms with van der Waals surface area (Å²) in [5.41, 5.74) is -0.689. The molecule has 0 bridgehead atoms. The highest BCUT2D eigenvalue weighted by atomic mass is 19.1. The quantitative estimate of drug-likeness (QED) is 0.828. The van der Waals surface area contributed by atoms with Crippen molar-refractivity contribution < 1.29 is 23.8 Å². The third-order valence-corrected chi connectivity index (χ3v) is 2.81. The molecule has 0 aliphatic heterocycles. The van der Waals surface area contributed by atoms with Crippen LogP contribution in [0.25, 0.3) is 0 Å². The van der Waals surface area contributed by atoms with Crippen molar-refractivity contribution in [2.24, 2.45) is 5.92 Å². The van der Waals surface area contributed by atoms with E-state index in [0.717, 1.165) is 0 Å². The lowest BCUT2D eigenvalue weighted by molar-refractivity contribution is -0.141. The number of rotatable bonds is 3. The second-order valence-electron chi connectivity index (χ2n) is 5.65. The molecule has 0 aromatic heterocycles. The third kappa shape index (κ3) is 5.28. The molecule has 0 aromatic rings. The van der Waals surface area contributed by atoms with Gasteiger partial charge < -0.3 is 15.2 Å². The number of aliphatic carboxylic acids is 1. The fraction of sp³-hybridized carbons (Fsp3) is 0.692. The van der Waals surface area contributed by atoms with Gasteiger partial charge in [0.15, 0.2) is 0 Å². The number of halogens is 1. The van der Waals surface area contributed by atoms with Gasteiger partial charge in [0.25, 0.3) is 0 Å². The molecule has 0 spiro atoms. The minimum Gasteiger partial charge on any atom is -0.480 e. The first-order valence-electron chi connectivity index (χ1n) is 6.26. The second kappa shape index (κ2) is 6.04. The van der Waals surface area contributed by atoms with Gasteiger partial charge in [-0.1, -0.05) is 6.08 Å². The Labute approximate surface area is 111 Å². The molecule has 108 valence electrons. The largest absolute Gasteiger partial charge is 0.480 e. The Hall–Kier alpha value is -1.59. The summed E-state index contributed by atoms with van der Waals surface area (Å²) >= 11 is 0. The average molecular weight is 273 g/mol. The Bertz CT molecular complexity index is 387. The minimum absolute atomic E-state index is 0.213. The molecule has 1 amide bonds. The minimum atomic E-state index is -1.13. The van der Waals surface area contributed by atoms with E-state index in [2.05, 4.69) is 5.32 Å². The zero-order valence-corrected chi connectivity index (χ0v) is 11.4. The topological polar surface area (TPSA) is 75.6 Å². The van der Waals surface area contributed by atoms with Crippen molar-refractivity contribution in [2.75, 3.05) is 0 Å². The van der Waals surface area contributed by atoms with Gasteiger partial charge in [-0.3, -0.25) is 0 Å². The summed E-state index contributed by atoms with van der Waals surface area (Å²) in [6.07, 6.45) is 1.52. The summed E-state index contributed by atoms with van der Waals surface area (Å²) in [6.45, 7) is 5.09. The highest BCUT2D eigenvalue weighted by Crippen LogP contribution is 2.27. The van der Waals surface area contributed by atoms with Crippen LogP contribution in [0.15, 0.2) is 11.9 Å². The van der Waals surface area contributed by atoms with Crippen molar-refractivity contribution in [3.63, 3.8) is 0 Å². The van der Waals surface area contributed by atoms with Crippen LogP contribution < -0.4 is 5.32 Å². The highest BCUT2D eigenvalue weighted by Gasteiger charge is 2.32. The van der Waals surface area contributed by atoms with E-state index >= 15 is 0 Å². The number of alkyl carbamates (subject to hydrolysis) is 1. The van der Waals surface area contributed by atoms with Gasteiger partial charge in [0.2, 0.25) is 0 Å². The van der Waals surface area contributed by atoms with Crippen LogP contribution in [0.3, 0.4) is 0 Å². The maximum atomic E-state index is 12.9. The average Bonchev–Trinajstić information content (AvgIpc) is 2.24. The predicted molar refractivity (Wildman–Crippen MR) is 67.3 cm³/mol. The molecule has 2 N–H and O–H groups in total. The van der Waals surface area contributed by atoms with Crippen LogP contribution in [-0.2, 0) is 9.53 Å². The van der Waals surface area contributed by atoms with Crippen LogP contribution in [0.5, 0.6) is 0 Å². The summed E-state index contributed by atoms with van der Waals surface area (Å²) in [5, 5.41) is 11.5. The second-order valence-corrected chi connectivity index (χ2v) is 5.65. The van der Waals surface area contributed by atoms with Crippen molar-refractivity contribution in [2.45, 2.75) is 51.7 Å². The standard InChI is InChI=1S/C13H20FNO4/c1-13(2,3)19-12(18)15-10(11(16)17)8-4-6-9(14)7-5-8/h6,8,10H,4-5,7H2,1-3H3,(H,15,18)(H,16,17)/t8?,10-/m0/s1. The van der Waals surface area contributed by atoms with Crippen LogP contribution in [0, 0.1) is 5.92 Å². The number of carbonyl (C=O) groups is 2. The lowest BCUT2D eigenvalue weighted by Gasteiger charge is -2.27. The van der Waals surface area contributed by atoms with Gasteiger partial charge in [0.05, 0.1) is 5.83 Å². The number of amides is 1. The Morgan fingerprint density at radius 3 is 2.58 bits per heavy atom. The summed E-state index contributed by atoms with van der Waals surface area (Å²) in [4.78, 5) is 22.8. The molecule has 6 heteroatoms. The van der Waals surface area contributed by atoms with Crippen molar-refractivity contribution in [1.29, 1.82) is 0 Å². The van der Waals surface area contributed by atoms with Crippen molar-refractivity contribution >= 4 is 12.1 Å². The molecule has 1 aliphatic carbocycles. The maximum absolute atomic E-state index is 12.9. The molecule has 0 fully saturated rings. The molecular weight excluding hydrogens is 253 g/mol. The van der Waals surface area contributed by atoms with Crippen LogP contribution in [-0.4, -0.2) is 28.8 Å². The van der Waals surface area contributed by atoms with E-state index in [1.807, 2.05) is 0 Å². The molecule has 5 nitrogen and oxygen atoms in total. The summed E-state index contributed by atoms with van der Waals surface area (Å²) < 4.78 is 17.9. The number of carboxylic acid groups (broad SMARTS) is 1. The molecular formula is C13H20FNO4. The summed E-state index contributed by atoms with van der Waals surface area (Å²) in [7, 11) is 0. The lowest BCUT2D eigenvalue weighted by Crippen LogP contribution is -2.48. The van der Waals surface area contributed by atoms with E-state index in [-0.39, 0.29) is 18.2 Å². The Kier molecular flexibility index (Phi) is 4.91. The normalized spacial score (nSPS) is 21.3. The van der Waals surface area contributed by atoms with Gasteiger partial charge in [-0.2, -0.15) is 0 Å². The third-order valence-electron chi connectivity index (χ3n) is 2.81. The molecule has 0 heterocycles. The van der Waals surface area contributed by atoms with Gasteiger partial charge in [-0.05, 0) is 46.0 Å². The lowest BCUT2D eigenvalue weighted by atomic mass is 9.87. The molecule has 0 aromatic carbocycles. The molecule has 1 rings (SSSR count). The van der Waals surface area contributed by atoms with E-state index in [4.69, 9.17) is 9.84 Å². The maximum Gasteiger partial charge on any atom is 0.408 e. The van der Waals surface area contributed by atoms with Crippen molar-refractivity contribution in [3.8, 4) is 0 Å². The molecule has 2 atom stereocenters. The number of carbonyl (C=O) groups excluding carboxylic acids is 1. The molecule has 1 aliphatic rings. The van der Waals surface area contributed by atoms with Crippen LogP contribution in [0.1, 0.15) is 40.0 Å². The first-order valence-corrected chi connectivity index (χ1v) is 6.26. The predicted octanol–water partition coefficient (Wildman–Crippen LogP) is 2.62. The number of hydrogen-bond acceptors (Lipinski definition) is 3. The number of hydrogen-bond donors (Lipinski definition) is 2. The van der Waals surface area contributed by atoms with E-state index in [0.29, 0.717) is 12.8 Å². The number of allylic oxidation sites excluding steroid dienone is 2. The van der Waals surface area contributed by atoms with Crippen molar-refractivity contribution in [1.82, 2.24) is 5.32 Å². The molecule has 0 radical (unpaired) electrons. The number of carboxylic acids is 1. The van der Waals surface area contributed by atoms with E-state index in [1.165, 1.54) is 6.08 Å². The highest BCUT2D eigenvalue weighted by molar-refractivity contribution is 5.80. The SMILES string of the molecule is CC(C)(C)OC(=O)N[C@H](C(=O)O)C1CC=C(F)CC1. The first-order chi connectivity index (χ1) is 8.69. The first kappa shape index (κ1) is 15.5. The fourth-order valence-corrected chi connectivity index (χ4v) is 1.94. The molecule has 19 heavy (non-hydrogen) atoms. The van der Waals surface area contributed by atoms with E-state index in [1.54, 1.807) is 20.8 Å². The van der Waals surface area contributed by atoms with Crippen LogP contribution >= 0.6 is 0 Å². The Morgan fingerprint density at radius 1 is 1.53 bits per heavy atom. The van der Waals surface area contributed by atoms with Crippen LogP contribution in [0.4, 0.5) is 9.18 Å². The zero-order chi connectivity index (χ0) is 14.6. The summed E-state index contributed by atoms with van der Waals surface area (Å²) in [6, 6.07) is -1.06. The fourth-order valence-electron chi connectivity index (χ4n) is 1.94. The van der Waals surface area contributed by atoms with Gasteiger partial charge in [0.1, 0.15) is 11.6 Å². The number of nitrogens with one attached hydrogen (secondary N) is 1. The van der Waals surface area contributed by atoms with Gasteiger partial charge >= 0.3 is 12.1 Å². The monoisotopic (exact) mass is 273 g/mol. The van der Waals surface area contributed by atoms with E-state index in [9.17, 15) is 14.0 Å². The van der Waals surface area contributed by atoms with Gasteiger partial charge in [-0.25, -0.2) is 14.0 Å². The van der Waals surface area contributed by atoms with Gasteiger partial charge in [0, 0.05) is 0 Å². The Morgan fingerprint density at radius 2 is 2.16 bits per heavy atom. The molecule has 0 saturated carbocycles. The van der Waals surface area contributed by atoms with E-state index < -0.39 is 23.7 Å². The smallest absolute Gasteiger partial charge is 0.408 e.